The molecule has 0 saturated heterocycles. The first-order valence-corrected chi connectivity index (χ1v) is 9.87. The predicted octanol–water partition coefficient (Wildman–Crippen LogP) is 2.42. The van der Waals surface area contributed by atoms with Crippen molar-refractivity contribution >= 4 is 21.6 Å². The van der Waals surface area contributed by atoms with Gasteiger partial charge in [-0.1, -0.05) is 0 Å². The van der Waals surface area contributed by atoms with Gasteiger partial charge in [-0.3, -0.25) is 4.79 Å². The zero-order valence-corrected chi connectivity index (χ0v) is 16.6. The molecule has 0 spiro atoms. The molecule has 0 heterocycles. The van der Waals surface area contributed by atoms with E-state index in [1.54, 1.807) is 52.3 Å². The predicted molar refractivity (Wildman–Crippen MR) is 104 cm³/mol. The van der Waals surface area contributed by atoms with Crippen LogP contribution in [0.15, 0.2) is 53.4 Å². The van der Waals surface area contributed by atoms with Gasteiger partial charge >= 0.3 is 0 Å². The van der Waals surface area contributed by atoms with Gasteiger partial charge < -0.3 is 14.4 Å². The Hall–Kier alpha value is -2.58. The molecule has 0 aliphatic heterocycles. The van der Waals surface area contributed by atoms with E-state index in [9.17, 15) is 13.2 Å². The van der Waals surface area contributed by atoms with Gasteiger partial charge in [-0.2, -0.15) is 0 Å². The maximum absolute atomic E-state index is 12.3. The maximum Gasteiger partial charge on any atom is 0.264 e. The van der Waals surface area contributed by atoms with Crippen LogP contribution in [0.25, 0.3) is 0 Å². The Bertz CT molecular complexity index is 862. The minimum atomic E-state index is -3.55. The van der Waals surface area contributed by atoms with Crippen LogP contribution < -0.4 is 19.1 Å². The number of sulfonamides is 1. The van der Waals surface area contributed by atoms with Crippen molar-refractivity contribution in [2.75, 3.05) is 25.7 Å². The molecule has 1 amide bonds. The molecular weight excluding hydrogens is 368 g/mol. The van der Waals surface area contributed by atoms with Gasteiger partial charge in [-0.25, -0.2) is 13.1 Å². The molecular formula is C19H24N2O5S. The van der Waals surface area contributed by atoms with Crippen molar-refractivity contribution in [3.63, 3.8) is 0 Å². The molecule has 0 radical (unpaired) electrons. The molecule has 0 unspecified atom stereocenters. The lowest BCUT2D eigenvalue weighted by Crippen LogP contribution is -2.31. The molecule has 7 nitrogen and oxygen atoms in total. The summed E-state index contributed by atoms with van der Waals surface area (Å²) in [6.07, 6.45) is 0. The van der Waals surface area contributed by atoms with E-state index in [0.717, 1.165) is 0 Å². The third-order valence-corrected chi connectivity index (χ3v) is 5.40. The number of likely N-dealkylation sites (N-methyl/N-ethyl adjacent to an activating group) is 1. The van der Waals surface area contributed by atoms with E-state index in [1.165, 1.54) is 29.2 Å². The van der Waals surface area contributed by atoms with E-state index in [4.69, 9.17) is 9.47 Å². The Morgan fingerprint density at radius 1 is 1.04 bits per heavy atom. The fraction of sp³-hybridized carbons (Fsp3) is 0.316. The summed E-state index contributed by atoms with van der Waals surface area (Å²) >= 11 is 0. The number of hydrogen-bond donors (Lipinski definition) is 1. The van der Waals surface area contributed by atoms with E-state index >= 15 is 0 Å². The Labute approximate surface area is 160 Å². The number of amides is 1. The van der Waals surface area contributed by atoms with Crippen LogP contribution in [0, 0.1) is 0 Å². The van der Waals surface area contributed by atoms with Gasteiger partial charge in [0.1, 0.15) is 11.5 Å². The van der Waals surface area contributed by atoms with Crippen LogP contribution in [0.5, 0.6) is 11.5 Å². The summed E-state index contributed by atoms with van der Waals surface area (Å²) in [6.45, 7) is 3.33. The van der Waals surface area contributed by atoms with Crippen LogP contribution in [-0.4, -0.2) is 41.1 Å². The van der Waals surface area contributed by atoms with Crippen LogP contribution >= 0.6 is 0 Å². The van der Waals surface area contributed by atoms with Crippen molar-refractivity contribution in [1.82, 2.24) is 4.72 Å². The molecule has 0 saturated carbocycles. The van der Waals surface area contributed by atoms with E-state index < -0.39 is 10.0 Å². The van der Waals surface area contributed by atoms with Gasteiger partial charge in [-0.05, 0) is 62.4 Å². The molecule has 0 aliphatic rings. The average molecular weight is 392 g/mol. The molecule has 8 heteroatoms. The van der Waals surface area contributed by atoms with E-state index in [2.05, 4.69) is 4.72 Å². The highest BCUT2D eigenvalue weighted by Gasteiger charge is 2.16. The van der Waals surface area contributed by atoms with Crippen LogP contribution in [0.3, 0.4) is 0 Å². The van der Waals surface area contributed by atoms with Gasteiger partial charge in [-0.15, -0.1) is 0 Å². The highest BCUT2D eigenvalue weighted by molar-refractivity contribution is 7.89. The van der Waals surface area contributed by atoms with Crippen molar-refractivity contribution in [2.24, 2.45) is 0 Å². The molecule has 27 heavy (non-hydrogen) atoms. The molecule has 2 aromatic carbocycles. The third kappa shape index (κ3) is 5.70. The Balaban J connectivity index is 1.96. The normalized spacial score (nSPS) is 11.3. The summed E-state index contributed by atoms with van der Waals surface area (Å²) in [5.74, 6) is 0.881. The number of nitrogens with one attached hydrogen (secondary N) is 1. The van der Waals surface area contributed by atoms with Crippen molar-refractivity contribution in [3.8, 4) is 11.5 Å². The van der Waals surface area contributed by atoms with Crippen LogP contribution in [0.4, 0.5) is 5.69 Å². The molecule has 0 aromatic heterocycles. The lowest BCUT2D eigenvalue weighted by Gasteiger charge is -2.18. The minimum absolute atomic E-state index is 0.144. The van der Waals surface area contributed by atoms with Crippen LogP contribution in [0.2, 0.25) is 0 Å². The number of ether oxygens (including phenoxy) is 2. The minimum Gasteiger partial charge on any atom is -0.497 e. The summed E-state index contributed by atoms with van der Waals surface area (Å²) in [5.41, 5.74) is 0.714. The Morgan fingerprint density at radius 3 is 2.11 bits per heavy atom. The number of benzene rings is 2. The maximum atomic E-state index is 12.3. The largest absolute Gasteiger partial charge is 0.497 e. The van der Waals surface area contributed by atoms with Crippen LogP contribution in [-0.2, 0) is 14.8 Å². The van der Waals surface area contributed by atoms with E-state index in [1.807, 2.05) is 0 Å². The fourth-order valence-corrected chi connectivity index (χ4v) is 3.54. The number of carbonyl (C=O) groups excluding carboxylic acids is 1. The smallest absolute Gasteiger partial charge is 0.264 e. The molecule has 2 rings (SSSR count). The molecule has 0 bridgehead atoms. The number of anilines is 1. The van der Waals surface area contributed by atoms with Gasteiger partial charge in [0.15, 0.2) is 6.61 Å². The Morgan fingerprint density at radius 2 is 1.59 bits per heavy atom. The van der Waals surface area contributed by atoms with Gasteiger partial charge in [0, 0.05) is 18.8 Å². The second kappa shape index (κ2) is 8.88. The summed E-state index contributed by atoms with van der Waals surface area (Å²) < 4.78 is 37.3. The van der Waals surface area contributed by atoms with Crippen molar-refractivity contribution in [2.45, 2.75) is 24.8 Å². The van der Waals surface area contributed by atoms with Crippen LogP contribution in [0.1, 0.15) is 13.8 Å². The second-order valence-corrected chi connectivity index (χ2v) is 7.90. The van der Waals surface area contributed by atoms with E-state index in [0.29, 0.717) is 17.2 Å². The quantitative estimate of drug-likeness (QED) is 0.746. The summed E-state index contributed by atoms with van der Waals surface area (Å²) in [4.78, 5) is 13.9. The standard InChI is InChI=1S/C19H24N2O5S/c1-14(2)20-27(23,24)18-11-9-17(10-12-18)26-13-19(22)21(3)15-5-7-16(25-4)8-6-15/h5-12,14,20H,13H2,1-4H3. The first-order chi connectivity index (χ1) is 12.7. The molecule has 146 valence electrons. The molecule has 1 N–H and O–H groups in total. The number of carbonyl (C=O) groups is 1. The SMILES string of the molecule is COc1ccc(N(C)C(=O)COc2ccc(S(=O)(=O)NC(C)C)cc2)cc1. The number of nitrogens with zero attached hydrogens (tertiary/aromatic N) is 1. The Kier molecular flexibility index (Phi) is 6.81. The third-order valence-electron chi connectivity index (χ3n) is 3.72. The molecule has 0 fully saturated rings. The molecule has 0 aliphatic carbocycles. The van der Waals surface area contributed by atoms with E-state index in [-0.39, 0.29) is 23.5 Å². The van der Waals surface area contributed by atoms with Crippen molar-refractivity contribution < 1.29 is 22.7 Å². The average Bonchev–Trinajstić information content (AvgIpc) is 2.65. The monoisotopic (exact) mass is 392 g/mol. The highest BCUT2D eigenvalue weighted by Crippen LogP contribution is 2.19. The van der Waals surface area contributed by atoms with Crippen molar-refractivity contribution in [1.29, 1.82) is 0 Å². The fourth-order valence-electron chi connectivity index (χ4n) is 2.29. The zero-order valence-electron chi connectivity index (χ0n) is 15.8. The van der Waals surface area contributed by atoms with Gasteiger partial charge in [0.2, 0.25) is 10.0 Å². The first-order valence-electron chi connectivity index (χ1n) is 8.38. The second-order valence-electron chi connectivity index (χ2n) is 6.19. The first kappa shape index (κ1) is 20.7. The summed E-state index contributed by atoms with van der Waals surface area (Å²) in [5, 5.41) is 0. The lowest BCUT2D eigenvalue weighted by molar-refractivity contribution is -0.120. The summed E-state index contributed by atoms with van der Waals surface area (Å²) in [6, 6.07) is 12.8. The molecule has 2 aromatic rings. The highest BCUT2D eigenvalue weighted by atomic mass is 32.2. The topological polar surface area (TPSA) is 84.9 Å². The summed E-state index contributed by atoms with van der Waals surface area (Å²) in [7, 11) is -0.324. The van der Waals surface area contributed by atoms with Gasteiger partial charge in [0.05, 0.1) is 12.0 Å². The van der Waals surface area contributed by atoms with Gasteiger partial charge in [0.25, 0.3) is 5.91 Å². The van der Waals surface area contributed by atoms with Crippen molar-refractivity contribution in [3.05, 3.63) is 48.5 Å². The molecule has 0 atom stereocenters. The lowest BCUT2D eigenvalue weighted by atomic mass is 10.3. The zero-order chi connectivity index (χ0) is 20.0. The number of methoxy groups -OCH3 is 1. The number of hydrogen-bond acceptors (Lipinski definition) is 5. The number of rotatable bonds is 8.